The first-order chi connectivity index (χ1) is 18.8. The third-order valence-corrected chi connectivity index (χ3v) is 8.11. The zero-order chi connectivity index (χ0) is 28.8. The molecule has 14 heteroatoms. The maximum Gasteiger partial charge on any atom is 0.389 e. The number of hydrogen-bond donors (Lipinski definition) is 2. The number of aromatic nitrogens is 3. The standard InChI is InChI=1S/C26H30F7N5O2/c27-23(28)16-10-17(16)24(40)37-22(14-3-6-25(29,30)7-4-14)18-12-38-19(35-18)9-15(11-34-38)21(13-1-2-13)36-20(39)5-8-26(31,32)33/h9,11-14,16-17,21-23H,1-8,10H2,(H,36,39)(H,37,40)/t16-,17-,21+,22-/m0/s1. The van der Waals surface area contributed by atoms with Gasteiger partial charge in [0.05, 0.1) is 36.6 Å². The van der Waals surface area contributed by atoms with E-state index in [1.165, 1.54) is 10.7 Å². The van der Waals surface area contributed by atoms with Crippen molar-refractivity contribution >= 4 is 17.5 Å². The van der Waals surface area contributed by atoms with Gasteiger partial charge in [0.1, 0.15) is 0 Å². The summed E-state index contributed by atoms with van der Waals surface area (Å²) < 4.78 is 92.9. The molecule has 2 amide bonds. The van der Waals surface area contributed by atoms with E-state index in [4.69, 9.17) is 0 Å². The molecular weight excluding hydrogens is 547 g/mol. The average molecular weight is 578 g/mol. The van der Waals surface area contributed by atoms with E-state index in [0.717, 1.165) is 12.8 Å². The number of rotatable bonds is 10. The van der Waals surface area contributed by atoms with Gasteiger partial charge in [-0.1, -0.05) is 0 Å². The lowest BCUT2D eigenvalue weighted by molar-refractivity contribution is -0.144. The third kappa shape index (κ3) is 6.85. The van der Waals surface area contributed by atoms with E-state index < -0.39 is 67.1 Å². The first kappa shape index (κ1) is 28.6. The molecule has 2 heterocycles. The number of halogens is 7. The second-order valence-electron chi connectivity index (χ2n) is 11.3. The van der Waals surface area contributed by atoms with Crippen molar-refractivity contribution in [2.45, 2.75) is 88.4 Å². The molecule has 0 radical (unpaired) electrons. The monoisotopic (exact) mass is 577 g/mol. The first-order valence-corrected chi connectivity index (χ1v) is 13.5. The summed E-state index contributed by atoms with van der Waals surface area (Å²) in [6.45, 7) is 0. The largest absolute Gasteiger partial charge is 0.389 e. The summed E-state index contributed by atoms with van der Waals surface area (Å²) in [4.78, 5) is 29.6. The summed E-state index contributed by atoms with van der Waals surface area (Å²) >= 11 is 0. The van der Waals surface area contributed by atoms with Crippen molar-refractivity contribution < 1.29 is 40.3 Å². The van der Waals surface area contributed by atoms with Crippen molar-refractivity contribution in [1.82, 2.24) is 25.2 Å². The molecule has 0 saturated heterocycles. The Balaban J connectivity index is 1.36. The molecule has 3 saturated carbocycles. The highest BCUT2D eigenvalue weighted by molar-refractivity contribution is 5.82. The van der Waals surface area contributed by atoms with Crippen molar-refractivity contribution in [1.29, 1.82) is 0 Å². The summed E-state index contributed by atoms with van der Waals surface area (Å²) in [5.74, 6) is -6.29. The highest BCUT2D eigenvalue weighted by Gasteiger charge is 2.50. The number of carbonyl (C=O) groups excluding carboxylic acids is 2. The van der Waals surface area contributed by atoms with Crippen LogP contribution in [0.2, 0.25) is 0 Å². The van der Waals surface area contributed by atoms with Crippen LogP contribution in [0.15, 0.2) is 18.5 Å². The Kier molecular flexibility index (Phi) is 7.73. The molecule has 3 aliphatic rings. The van der Waals surface area contributed by atoms with Gasteiger partial charge < -0.3 is 10.6 Å². The molecule has 3 fully saturated rings. The Bertz CT molecular complexity index is 1240. The van der Waals surface area contributed by atoms with E-state index in [0.29, 0.717) is 16.9 Å². The lowest BCUT2D eigenvalue weighted by atomic mass is 9.81. The predicted molar refractivity (Wildman–Crippen MR) is 127 cm³/mol. The number of alkyl halides is 7. The topological polar surface area (TPSA) is 88.4 Å². The molecule has 0 unspecified atom stereocenters. The van der Waals surface area contributed by atoms with Crippen LogP contribution >= 0.6 is 0 Å². The van der Waals surface area contributed by atoms with Gasteiger partial charge in [-0.3, -0.25) is 9.59 Å². The smallest absolute Gasteiger partial charge is 0.349 e. The van der Waals surface area contributed by atoms with Gasteiger partial charge in [-0.15, -0.1) is 0 Å². The zero-order valence-electron chi connectivity index (χ0n) is 21.4. The second-order valence-corrected chi connectivity index (χ2v) is 11.3. The zero-order valence-corrected chi connectivity index (χ0v) is 21.4. The Morgan fingerprint density at radius 3 is 2.33 bits per heavy atom. The lowest BCUT2D eigenvalue weighted by Gasteiger charge is -2.33. The molecule has 2 N–H and O–H groups in total. The normalized spacial score (nSPS) is 24.6. The quantitative estimate of drug-likeness (QED) is 0.364. The van der Waals surface area contributed by atoms with Crippen molar-refractivity contribution in [2.24, 2.45) is 23.7 Å². The maximum absolute atomic E-state index is 13.9. The Hall–Kier alpha value is -2.93. The van der Waals surface area contributed by atoms with Crippen LogP contribution in [0.1, 0.15) is 81.1 Å². The van der Waals surface area contributed by atoms with Crippen LogP contribution in [0.4, 0.5) is 30.7 Å². The number of amides is 2. The molecule has 220 valence electrons. The number of imidazole rings is 1. The van der Waals surface area contributed by atoms with Gasteiger partial charge >= 0.3 is 6.18 Å². The van der Waals surface area contributed by atoms with Crippen LogP contribution in [0.3, 0.4) is 0 Å². The van der Waals surface area contributed by atoms with Gasteiger partial charge in [0.25, 0.3) is 0 Å². The number of nitrogens with one attached hydrogen (secondary N) is 2. The molecular formula is C26H30F7N5O2. The fourth-order valence-electron chi connectivity index (χ4n) is 5.52. The summed E-state index contributed by atoms with van der Waals surface area (Å²) in [5, 5.41) is 9.79. The van der Waals surface area contributed by atoms with Gasteiger partial charge in [-0.05, 0) is 55.6 Å². The molecule has 7 nitrogen and oxygen atoms in total. The minimum atomic E-state index is -4.45. The Labute approximate surface area is 225 Å². The van der Waals surface area contributed by atoms with Gasteiger partial charge in [-0.2, -0.15) is 18.3 Å². The molecule has 3 aliphatic carbocycles. The molecule has 0 spiro atoms. The summed E-state index contributed by atoms with van der Waals surface area (Å²) in [6, 6.07) is 0.315. The molecule has 2 aromatic heterocycles. The Morgan fingerprint density at radius 2 is 1.73 bits per heavy atom. The number of hydrogen-bond acceptors (Lipinski definition) is 4. The van der Waals surface area contributed by atoms with Crippen LogP contribution in [0, 0.1) is 23.7 Å². The van der Waals surface area contributed by atoms with Gasteiger partial charge in [0.2, 0.25) is 24.2 Å². The molecule has 40 heavy (non-hydrogen) atoms. The van der Waals surface area contributed by atoms with Crippen LogP contribution in [0.5, 0.6) is 0 Å². The fourth-order valence-corrected chi connectivity index (χ4v) is 5.52. The first-order valence-electron chi connectivity index (χ1n) is 13.5. The number of nitrogens with zero attached hydrogens (tertiary/aromatic N) is 3. The summed E-state index contributed by atoms with van der Waals surface area (Å²) in [7, 11) is 0. The van der Waals surface area contributed by atoms with E-state index in [1.54, 1.807) is 12.3 Å². The van der Waals surface area contributed by atoms with E-state index in [2.05, 4.69) is 20.7 Å². The molecule has 2 aromatic rings. The van der Waals surface area contributed by atoms with E-state index in [-0.39, 0.29) is 43.9 Å². The van der Waals surface area contributed by atoms with Crippen LogP contribution in [-0.4, -0.2) is 44.9 Å². The van der Waals surface area contributed by atoms with Crippen molar-refractivity contribution in [3.05, 3.63) is 29.7 Å². The molecule has 5 rings (SSSR count). The third-order valence-electron chi connectivity index (χ3n) is 8.11. The number of carbonyl (C=O) groups is 2. The van der Waals surface area contributed by atoms with Crippen LogP contribution in [-0.2, 0) is 9.59 Å². The minimum Gasteiger partial charge on any atom is -0.349 e. The molecule has 0 aromatic carbocycles. The summed E-state index contributed by atoms with van der Waals surface area (Å²) in [5.41, 5.74) is 1.24. The second kappa shape index (κ2) is 10.8. The molecule has 4 atom stereocenters. The van der Waals surface area contributed by atoms with Gasteiger partial charge in [0.15, 0.2) is 5.65 Å². The average Bonchev–Trinajstić information content (AvgIpc) is 3.80. The van der Waals surface area contributed by atoms with Gasteiger partial charge in [-0.25, -0.2) is 27.1 Å². The van der Waals surface area contributed by atoms with Gasteiger partial charge in [0, 0.05) is 31.1 Å². The number of fused-ring (bicyclic) bond motifs is 1. The molecule has 0 aliphatic heterocycles. The predicted octanol–water partition coefficient (Wildman–Crippen LogP) is 5.52. The SMILES string of the molecule is O=C(CCC(F)(F)F)N[C@@H](c1cnn2cc([C@@H](NC(=O)[C@H]3C[C@@H]3C(F)F)C3CCC(F)(F)CC3)nc2c1)C1CC1. The highest BCUT2D eigenvalue weighted by Crippen LogP contribution is 2.46. The van der Waals surface area contributed by atoms with Crippen molar-refractivity contribution in [3.8, 4) is 0 Å². The van der Waals surface area contributed by atoms with E-state index in [9.17, 15) is 40.3 Å². The summed E-state index contributed by atoms with van der Waals surface area (Å²) in [6.07, 6.45) is -4.81. The highest BCUT2D eigenvalue weighted by atomic mass is 19.4. The molecule has 0 bridgehead atoms. The van der Waals surface area contributed by atoms with Crippen LogP contribution in [0.25, 0.3) is 5.65 Å². The van der Waals surface area contributed by atoms with Crippen molar-refractivity contribution in [3.63, 3.8) is 0 Å². The lowest BCUT2D eigenvalue weighted by Crippen LogP contribution is -2.38. The Morgan fingerprint density at radius 1 is 1.05 bits per heavy atom. The van der Waals surface area contributed by atoms with E-state index >= 15 is 0 Å². The van der Waals surface area contributed by atoms with Crippen molar-refractivity contribution in [2.75, 3.05) is 0 Å². The minimum absolute atomic E-state index is 0.0470. The van der Waals surface area contributed by atoms with E-state index in [1.807, 2.05) is 0 Å². The van der Waals surface area contributed by atoms with Crippen LogP contribution < -0.4 is 10.6 Å². The maximum atomic E-state index is 13.9. The fraction of sp³-hybridized carbons (Fsp3) is 0.692.